The summed E-state index contributed by atoms with van der Waals surface area (Å²) >= 11 is 3.44. The number of aryl methyl sites for hydroxylation is 2. The van der Waals surface area contributed by atoms with E-state index in [4.69, 9.17) is 0 Å². The SMILES string of the molecule is Cc1cc(C(=O)Nc2ccc(C)c(Br)c2)ccn1. The highest BCUT2D eigenvalue weighted by Gasteiger charge is 2.07. The standard InChI is InChI=1S/C14H13BrN2O/c1-9-3-4-12(8-13(9)15)17-14(18)11-5-6-16-10(2)7-11/h3-8H,1-2H3,(H,17,18). The first-order valence-corrected chi connectivity index (χ1v) is 6.36. The molecule has 0 saturated heterocycles. The van der Waals surface area contributed by atoms with Crippen LogP contribution in [-0.2, 0) is 0 Å². The van der Waals surface area contributed by atoms with Crippen LogP contribution in [0.3, 0.4) is 0 Å². The van der Waals surface area contributed by atoms with Crippen molar-refractivity contribution in [1.29, 1.82) is 0 Å². The van der Waals surface area contributed by atoms with E-state index in [-0.39, 0.29) is 5.91 Å². The molecule has 1 heterocycles. The van der Waals surface area contributed by atoms with Crippen LogP contribution >= 0.6 is 15.9 Å². The fraction of sp³-hybridized carbons (Fsp3) is 0.143. The molecule has 0 aliphatic rings. The molecule has 3 nitrogen and oxygen atoms in total. The number of rotatable bonds is 2. The smallest absolute Gasteiger partial charge is 0.255 e. The van der Waals surface area contributed by atoms with E-state index in [1.807, 2.05) is 32.0 Å². The molecule has 1 aromatic heterocycles. The Morgan fingerprint density at radius 2 is 2.00 bits per heavy atom. The van der Waals surface area contributed by atoms with Crippen molar-refractivity contribution < 1.29 is 4.79 Å². The molecule has 2 aromatic rings. The highest BCUT2D eigenvalue weighted by molar-refractivity contribution is 9.10. The third kappa shape index (κ3) is 2.96. The van der Waals surface area contributed by atoms with E-state index in [0.29, 0.717) is 5.56 Å². The summed E-state index contributed by atoms with van der Waals surface area (Å²) in [5.74, 6) is -0.128. The fourth-order valence-corrected chi connectivity index (χ4v) is 1.94. The zero-order chi connectivity index (χ0) is 13.1. The van der Waals surface area contributed by atoms with E-state index < -0.39 is 0 Å². The van der Waals surface area contributed by atoms with Gasteiger partial charge >= 0.3 is 0 Å². The summed E-state index contributed by atoms with van der Waals surface area (Å²) in [6.45, 7) is 3.86. The highest BCUT2D eigenvalue weighted by atomic mass is 79.9. The number of hydrogen-bond acceptors (Lipinski definition) is 2. The number of halogens is 1. The van der Waals surface area contributed by atoms with Crippen LogP contribution in [0.15, 0.2) is 41.0 Å². The predicted molar refractivity (Wildman–Crippen MR) is 75.8 cm³/mol. The zero-order valence-corrected chi connectivity index (χ0v) is 11.8. The van der Waals surface area contributed by atoms with Crippen molar-refractivity contribution in [2.45, 2.75) is 13.8 Å². The first kappa shape index (κ1) is 12.8. The van der Waals surface area contributed by atoms with Gasteiger partial charge in [0.2, 0.25) is 0 Å². The quantitative estimate of drug-likeness (QED) is 0.919. The van der Waals surface area contributed by atoms with Crippen molar-refractivity contribution in [3.8, 4) is 0 Å². The minimum absolute atomic E-state index is 0.128. The molecule has 4 heteroatoms. The summed E-state index contributed by atoms with van der Waals surface area (Å²) in [5.41, 5.74) is 3.34. The molecule has 0 aliphatic carbocycles. The largest absolute Gasteiger partial charge is 0.322 e. The summed E-state index contributed by atoms with van der Waals surface area (Å²) in [7, 11) is 0. The summed E-state index contributed by atoms with van der Waals surface area (Å²) < 4.78 is 0.978. The molecule has 1 aromatic carbocycles. The number of hydrogen-bond donors (Lipinski definition) is 1. The van der Waals surface area contributed by atoms with Crippen LogP contribution in [0.25, 0.3) is 0 Å². The maximum Gasteiger partial charge on any atom is 0.255 e. The van der Waals surface area contributed by atoms with Gasteiger partial charge in [-0.2, -0.15) is 0 Å². The van der Waals surface area contributed by atoms with Gasteiger partial charge in [-0.25, -0.2) is 0 Å². The highest BCUT2D eigenvalue weighted by Crippen LogP contribution is 2.21. The third-order valence-corrected chi connectivity index (χ3v) is 3.44. The molecule has 18 heavy (non-hydrogen) atoms. The van der Waals surface area contributed by atoms with E-state index in [1.165, 1.54) is 0 Å². The van der Waals surface area contributed by atoms with Gasteiger partial charge in [0.15, 0.2) is 0 Å². The number of anilines is 1. The summed E-state index contributed by atoms with van der Waals surface area (Å²) in [5, 5.41) is 2.86. The molecule has 0 fully saturated rings. The van der Waals surface area contributed by atoms with Crippen molar-refractivity contribution in [1.82, 2.24) is 4.98 Å². The summed E-state index contributed by atoms with van der Waals surface area (Å²) in [6, 6.07) is 9.19. The second-order valence-corrected chi connectivity index (χ2v) is 4.96. The molecule has 2 rings (SSSR count). The first-order chi connectivity index (χ1) is 8.56. The van der Waals surface area contributed by atoms with E-state index in [2.05, 4.69) is 26.2 Å². The van der Waals surface area contributed by atoms with Crippen LogP contribution < -0.4 is 5.32 Å². The Hall–Kier alpha value is -1.68. The predicted octanol–water partition coefficient (Wildman–Crippen LogP) is 3.71. The average Bonchev–Trinajstić information content (AvgIpc) is 2.34. The molecular weight excluding hydrogens is 292 g/mol. The lowest BCUT2D eigenvalue weighted by Crippen LogP contribution is -2.12. The van der Waals surface area contributed by atoms with Gasteiger partial charge in [-0.15, -0.1) is 0 Å². The summed E-state index contributed by atoms with van der Waals surface area (Å²) in [6.07, 6.45) is 1.63. The minimum atomic E-state index is -0.128. The Balaban J connectivity index is 2.18. The van der Waals surface area contributed by atoms with Crippen LogP contribution in [0, 0.1) is 13.8 Å². The van der Waals surface area contributed by atoms with Gasteiger partial charge in [-0.05, 0) is 43.7 Å². The van der Waals surface area contributed by atoms with Gasteiger partial charge < -0.3 is 5.32 Å². The Morgan fingerprint density at radius 3 is 2.67 bits per heavy atom. The normalized spacial score (nSPS) is 10.2. The summed E-state index contributed by atoms with van der Waals surface area (Å²) in [4.78, 5) is 16.1. The average molecular weight is 305 g/mol. The Kier molecular flexibility index (Phi) is 3.77. The van der Waals surface area contributed by atoms with Crippen molar-refractivity contribution in [2.24, 2.45) is 0 Å². The van der Waals surface area contributed by atoms with Gasteiger partial charge in [-0.3, -0.25) is 9.78 Å². The molecule has 0 unspecified atom stereocenters. The van der Waals surface area contributed by atoms with Crippen LogP contribution in [0.2, 0.25) is 0 Å². The zero-order valence-electron chi connectivity index (χ0n) is 10.2. The van der Waals surface area contributed by atoms with E-state index in [9.17, 15) is 4.79 Å². The van der Waals surface area contributed by atoms with Gasteiger partial charge in [-0.1, -0.05) is 22.0 Å². The van der Waals surface area contributed by atoms with E-state index in [0.717, 1.165) is 21.4 Å². The number of nitrogens with one attached hydrogen (secondary N) is 1. The molecule has 92 valence electrons. The maximum absolute atomic E-state index is 12.0. The Labute approximate surface area is 114 Å². The van der Waals surface area contributed by atoms with Crippen LogP contribution in [0.4, 0.5) is 5.69 Å². The lowest BCUT2D eigenvalue weighted by molar-refractivity contribution is 0.102. The molecule has 0 aliphatic heterocycles. The van der Waals surface area contributed by atoms with Gasteiger partial charge in [0.1, 0.15) is 0 Å². The molecule has 0 radical (unpaired) electrons. The van der Waals surface area contributed by atoms with Gasteiger partial charge in [0.05, 0.1) is 0 Å². The second kappa shape index (κ2) is 5.31. The number of nitrogens with zero attached hydrogens (tertiary/aromatic N) is 1. The number of aromatic nitrogens is 1. The van der Waals surface area contributed by atoms with Gasteiger partial charge in [0, 0.05) is 27.6 Å². The van der Waals surface area contributed by atoms with Crippen LogP contribution in [0.5, 0.6) is 0 Å². The van der Waals surface area contributed by atoms with Crippen LogP contribution in [0.1, 0.15) is 21.6 Å². The second-order valence-electron chi connectivity index (χ2n) is 4.10. The molecule has 0 spiro atoms. The number of carbonyl (C=O) groups is 1. The molecule has 0 atom stereocenters. The number of benzene rings is 1. The molecular formula is C14H13BrN2O. The number of amides is 1. The maximum atomic E-state index is 12.0. The lowest BCUT2D eigenvalue weighted by atomic mass is 10.2. The fourth-order valence-electron chi connectivity index (χ4n) is 1.56. The minimum Gasteiger partial charge on any atom is -0.322 e. The lowest BCUT2D eigenvalue weighted by Gasteiger charge is -2.07. The third-order valence-electron chi connectivity index (χ3n) is 2.59. The topological polar surface area (TPSA) is 42.0 Å². The van der Waals surface area contributed by atoms with E-state index in [1.54, 1.807) is 18.3 Å². The van der Waals surface area contributed by atoms with E-state index >= 15 is 0 Å². The molecule has 0 bridgehead atoms. The molecule has 1 N–H and O–H groups in total. The van der Waals surface area contributed by atoms with Crippen molar-refractivity contribution in [3.05, 3.63) is 57.8 Å². The van der Waals surface area contributed by atoms with Crippen molar-refractivity contribution in [3.63, 3.8) is 0 Å². The van der Waals surface area contributed by atoms with Gasteiger partial charge in [0.25, 0.3) is 5.91 Å². The monoisotopic (exact) mass is 304 g/mol. The Morgan fingerprint density at radius 1 is 1.22 bits per heavy atom. The Bertz CT molecular complexity index is 596. The van der Waals surface area contributed by atoms with Crippen molar-refractivity contribution in [2.75, 3.05) is 5.32 Å². The molecule has 1 amide bonds. The van der Waals surface area contributed by atoms with Crippen LogP contribution in [-0.4, -0.2) is 10.9 Å². The number of pyridine rings is 1. The number of carbonyl (C=O) groups excluding carboxylic acids is 1. The molecule has 0 saturated carbocycles. The first-order valence-electron chi connectivity index (χ1n) is 5.56. The van der Waals surface area contributed by atoms with Crippen molar-refractivity contribution >= 4 is 27.5 Å².